The predicted octanol–water partition coefficient (Wildman–Crippen LogP) is 2.89. The fraction of sp³-hybridized carbons (Fsp3) is 0.188. The van der Waals surface area contributed by atoms with E-state index in [4.69, 9.17) is 9.47 Å². The maximum absolute atomic E-state index is 11.8. The molecule has 1 aliphatic rings. The zero-order valence-corrected chi connectivity index (χ0v) is 11.5. The summed E-state index contributed by atoms with van der Waals surface area (Å²) in [6.45, 7) is 0.162. The topological polar surface area (TPSA) is 82.0 Å². The SMILES string of the molecule is O=C(OC[C@@H]1O[C@H]1c1ccc([N+](=O)[O-])cc1)c1ccccc1. The van der Waals surface area contributed by atoms with Crippen LogP contribution in [0.25, 0.3) is 0 Å². The Labute approximate surface area is 126 Å². The number of nitro groups is 1. The van der Waals surface area contributed by atoms with E-state index in [1.165, 1.54) is 12.1 Å². The van der Waals surface area contributed by atoms with Gasteiger partial charge in [0.25, 0.3) is 5.69 Å². The van der Waals surface area contributed by atoms with E-state index in [1.54, 1.807) is 36.4 Å². The summed E-state index contributed by atoms with van der Waals surface area (Å²) in [4.78, 5) is 21.9. The molecule has 0 radical (unpaired) electrons. The summed E-state index contributed by atoms with van der Waals surface area (Å²) in [6.07, 6.45) is -0.376. The molecule has 0 aromatic heterocycles. The quantitative estimate of drug-likeness (QED) is 0.367. The van der Waals surface area contributed by atoms with Gasteiger partial charge in [0.05, 0.1) is 10.5 Å². The Kier molecular flexibility index (Phi) is 3.84. The summed E-state index contributed by atoms with van der Waals surface area (Å²) in [5.41, 5.74) is 1.37. The van der Waals surface area contributed by atoms with Crippen molar-refractivity contribution in [1.29, 1.82) is 0 Å². The molecule has 6 heteroatoms. The second-order valence-electron chi connectivity index (χ2n) is 4.91. The molecule has 0 N–H and O–H groups in total. The van der Waals surface area contributed by atoms with E-state index in [2.05, 4.69) is 0 Å². The zero-order valence-electron chi connectivity index (χ0n) is 11.5. The number of carbonyl (C=O) groups is 1. The summed E-state index contributed by atoms with van der Waals surface area (Å²) in [5.74, 6) is -0.390. The molecule has 0 spiro atoms. The van der Waals surface area contributed by atoms with Crippen molar-refractivity contribution in [3.05, 3.63) is 75.8 Å². The Morgan fingerprint density at radius 2 is 1.82 bits per heavy atom. The van der Waals surface area contributed by atoms with Crippen LogP contribution in [0.15, 0.2) is 54.6 Å². The van der Waals surface area contributed by atoms with E-state index in [0.29, 0.717) is 5.56 Å². The highest BCUT2D eigenvalue weighted by Gasteiger charge is 2.41. The van der Waals surface area contributed by atoms with Gasteiger partial charge in [-0.05, 0) is 29.8 Å². The minimum atomic E-state index is -0.448. The van der Waals surface area contributed by atoms with Crippen molar-refractivity contribution in [2.24, 2.45) is 0 Å². The molecule has 0 unspecified atom stereocenters. The Hall–Kier alpha value is -2.73. The van der Waals surface area contributed by atoms with E-state index in [-0.39, 0.29) is 24.5 Å². The fourth-order valence-electron chi connectivity index (χ4n) is 2.16. The van der Waals surface area contributed by atoms with Gasteiger partial charge in [-0.1, -0.05) is 18.2 Å². The van der Waals surface area contributed by atoms with E-state index in [1.807, 2.05) is 6.07 Å². The van der Waals surface area contributed by atoms with Crippen LogP contribution in [0.3, 0.4) is 0 Å². The summed E-state index contributed by atoms with van der Waals surface area (Å²) in [5, 5.41) is 10.6. The molecule has 0 amide bonds. The van der Waals surface area contributed by atoms with Gasteiger partial charge in [-0.25, -0.2) is 4.79 Å². The van der Waals surface area contributed by atoms with Crippen molar-refractivity contribution >= 4 is 11.7 Å². The second-order valence-corrected chi connectivity index (χ2v) is 4.91. The van der Waals surface area contributed by atoms with Crippen molar-refractivity contribution < 1.29 is 19.2 Å². The highest BCUT2D eigenvalue weighted by atomic mass is 16.6. The van der Waals surface area contributed by atoms with Crippen molar-refractivity contribution in [2.45, 2.75) is 12.2 Å². The van der Waals surface area contributed by atoms with Crippen LogP contribution in [0, 0.1) is 10.1 Å². The second kappa shape index (κ2) is 5.95. The van der Waals surface area contributed by atoms with Crippen LogP contribution in [0.2, 0.25) is 0 Å². The average Bonchev–Trinajstić information content (AvgIpc) is 3.33. The lowest BCUT2D eigenvalue weighted by molar-refractivity contribution is -0.384. The zero-order chi connectivity index (χ0) is 15.5. The molecule has 2 aromatic rings. The lowest BCUT2D eigenvalue weighted by Gasteiger charge is -2.02. The Balaban J connectivity index is 1.52. The third kappa shape index (κ3) is 3.12. The molecule has 1 saturated heterocycles. The largest absolute Gasteiger partial charge is 0.459 e. The molecular formula is C16H13NO5. The smallest absolute Gasteiger partial charge is 0.338 e. The Bertz CT molecular complexity index is 683. The first-order valence-electron chi connectivity index (χ1n) is 6.77. The molecule has 0 bridgehead atoms. The molecule has 2 atom stereocenters. The van der Waals surface area contributed by atoms with E-state index in [0.717, 1.165) is 5.56 Å². The van der Waals surface area contributed by atoms with Gasteiger partial charge in [-0.3, -0.25) is 10.1 Å². The molecule has 22 heavy (non-hydrogen) atoms. The number of hydrogen-bond donors (Lipinski definition) is 0. The molecule has 1 heterocycles. The van der Waals surface area contributed by atoms with Crippen molar-refractivity contribution in [2.75, 3.05) is 6.61 Å². The minimum absolute atomic E-state index is 0.0384. The van der Waals surface area contributed by atoms with Crippen molar-refractivity contribution in [3.8, 4) is 0 Å². The van der Waals surface area contributed by atoms with Gasteiger partial charge in [-0.15, -0.1) is 0 Å². The maximum atomic E-state index is 11.8. The van der Waals surface area contributed by atoms with Crippen molar-refractivity contribution in [1.82, 2.24) is 0 Å². The van der Waals surface area contributed by atoms with Crippen LogP contribution in [0.4, 0.5) is 5.69 Å². The first-order chi connectivity index (χ1) is 10.6. The highest BCUT2D eigenvalue weighted by molar-refractivity contribution is 5.89. The minimum Gasteiger partial charge on any atom is -0.459 e. The number of non-ortho nitro benzene ring substituents is 1. The normalized spacial score (nSPS) is 19.5. The molecule has 1 fully saturated rings. The molecule has 6 nitrogen and oxygen atoms in total. The molecule has 0 saturated carbocycles. The molecule has 0 aliphatic carbocycles. The summed E-state index contributed by atoms with van der Waals surface area (Å²) < 4.78 is 10.6. The van der Waals surface area contributed by atoms with Gasteiger partial charge in [0.1, 0.15) is 18.8 Å². The number of hydrogen-bond acceptors (Lipinski definition) is 5. The fourth-order valence-corrected chi connectivity index (χ4v) is 2.16. The van der Waals surface area contributed by atoms with Gasteiger partial charge >= 0.3 is 5.97 Å². The highest BCUT2D eigenvalue weighted by Crippen LogP contribution is 2.39. The summed E-state index contributed by atoms with van der Waals surface area (Å²) in [6, 6.07) is 14.9. The molecule has 112 valence electrons. The van der Waals surface area contributed by atoms with Gasteiger partial charge in [0.15, 0.2) is 0 Å². The number of nitrogens with zero attached hydrogens (tertiary/aromatic N) is 1. The average molecular weight is 299 g/mol. The molecule has 2 aromatic carbocycles. The number of epoxide rings is 1. The summed E-state index contributed by atoms with van der Waals surface area (Å²) in [7, 11) is 0. The molecule has 1 aliphatic heterocycles. The summed E-state index contributed by atoms with van der Waals surface area (Å²) >= 11 is 0. The van der Waals surface area contributed by atoms with Crippen LogP contribution in [-0.4, -0.2) is 23.6 Å². The van der Waals surface area contributed by atoms with Crippen LogP contribution >= 0.6 is 0 Å². The first-order valence-corrected chi connectivity index (χ1v) is 6.77. The Morgan fingerprint density at radius 3 is 2.45 bits per heavy atom. The monoisotopic (exact) mass is 299 g/mol. The van der Waals surface area contributed by atoms with Crippen LogP contribution < -0.4 is 0 Å². The lowest BCUT2D eigenvalue weighted by Crippen LogP contribution is -2.10. The number of carbonyl (C=O) groups excluding carboxylic acids is 1. The number of nitro benzene ring substituents is 1. The Morgan fingerprint density at radius 1 is 1.14 bits per heavy atom. The number of ether oxygens (including phenoxy) is 2. The standard InChI is InChI=1S/C16H13NO5/c18-16(12-4-2-1-3-5-12)21-10-14-15(22-14)11-6-8-13(9-7-11)17(19)20/h1-9,14-15H,10H2/t14-,15-/m0/s1. The van der Waals surface area contributed by atoms with Gasteiger partial charge in [-0.2, -0.15) is 0 Å². The molecule has 3 rings (SSSR count). The molecular weight excluding hydrogens is 286 g/mol. The maximum Gasteiger partial charge on any atom is 0.338 e. The van der Waals surface area contributed by atoms with E-state index >= 15 is 0 Å². The van der Waals surface area contributed by atoms with Crippen LogP contribution in [0.5, 0.6) is 0 Å². The van der Waals surface area contributed by atoms with E-state index in [9.17, 15) is 14.9 Å². The van der Waals surface area contributed by atoms with Gasteiger partial charge in [0, 0.05) is 12.1 Å². The van der Waals surface area contributed by atoms with Gasteiger partial charge < -0.3 is 9.47 Å². The van der Waals surface area contributed by atoms with Crippen LogP contribution in [-0.2, 0) is 9.47 Å². The third-order valence-electron chi connectivity index (χ3n) is 3.40. The van der Waals surface area contributed by atoms with Gasteiger partial charge in [0.2, 0.25) is 0 Å². The van der Waals surface area contributed by atoms with Crippen LogP contribution in [0.1, 0.15) is 22.0 Å². The lowest BCUT2D eigenvalue weighted by atomic mass is 10.1. The number of rotatable bonds is 5. The first kappa shape index (κ1) is 14.2. The number of esters is 1. The third-order valence-corrected chi connectivity index (χ3v) is 3.40. The van der Waals surface area contributed by atoms with Crippen molar-refractivity contribution in [3.63, 3.8) is 0 Å². The van der Waals surface area contributed by atoms with E-state index < -0.39 is 10.9 Å². The number of benzene rings is 2. The predicted molar refractivity (Wildman–Crippen MR) is 77.4 cm³/mol.